The van der Waals surface area contributed by atoms with Crippen molar-refractivity contribution in [2.24, 2.45) is 0 Å². The highest BCUT2D eigenvalue weighted by Gasteiger charge is 2.32. The first-order chi connectivity index (χ1) is 12.9. The molecule has 1 aromatic carbocycles. The third-order valence-electron chi connectivity index (χ3n) is 4.25. The molecule has 142 valence electrons. The SMILES string of the molecule is CN1CC(=O)N(CCCC(=O)Nc2ccnn2Cc2ccc(Cl)cc2)C1=O. The number of carbonyl (C=O) groups is 3. The summed E-state index contributed by atoms with van der Waals surface area (Å²) in [5.41, 5.74) is 1.01. The number of nitrogens with zero attached hydrogens (tertiary/aromatic N) is 4. The van der Waals surface area contributed by atoms with Crippen molar-refractivity contribution in [1.82, 2.24) is 19.6 Å². The molecule has 0 unspecified atom stereocenters. The molecule has 1 aliphatic rings. The van der Waals surface area contributed by atoms with Gasteiger partial charge in [0.05, 0.1) is 12.7 Å². The topological polar surface area (TPSA) is 87.5 Å². The Balaban J connectivity index is 1.50. The largest absolute Gasteiger partial charge is 0.326 e. The number of urea groups is 1. The summed E-state index contributed by atoms with van der Waals surface area (Å²) in [4.78, 5) is 38.2. The number of hydrogen-bond donors (Lipinski definition) is 1. The van der Waals surface area contributed by atoms with Gasteiger partial charge in [-0.25, -0.2) is 9.48 Å². The maximum Gasteiger partial charge on any atom is 0.326 e. The van der Waals surface area contributed by atoms with Gasteiger partial charge in [-0.15, -0.1) is 0 Å². The van der Waals surface area contributed by atoms with E-state index >= 15 is 0 Å². The molecule has 0 radical (unpaired) electrons. The normalized spacial score (nSPS) is 14.1. The number of imide groups is 1. The van der Waals surface area contributed by atoms with Crippen molar-refractivity contribution in [1.29, 1.82) is 0 Å². The Labute approximate surface area is 161 Å². The zero-order valence-electron chi connectivity index (χ0n) is 14.9. The van der Waals surface area contributed by atoms with Crippen LogP contribution in [0.4, 0.5) is 10.6 Å². The molecule has 1 saturated heterocycles. The number of aromatic nitrogens is 2. The van der Waals surface area contributed by atoms with Crippen molar-refractivity contribution in [3.63, 3.8) is 0 Å². The van der Waals surface area contributed by atoms with Crippen LogP contribution in [-0.2, 0) is 16.1 Å². The van der Waals surface area contributed by atoms with E-state index in [1.54, 1.807) is 36.1 Å². The lowest BCUT2D eigenvalue weighted by atomic mass is 10.2. The Kier molecular flexibility index (Phi) is 5.75. The average Bonchev–Trinajstić information content (AvgIpc) is 3.15. The second-order valence-corrected chi connectivity index (χ2v) is 6.77. The van der Waals surface area contributed by atoms with E-state index in [0.717, 1.165) is 5.56 Å². The van der Waals surface area contributed by atoms with Crippen LogP contribution in [-0.4, -0.2) is 57.6 Å². The number of rotatable bonds is 7. The highest BCUT2D eigenvalue weighted by molar-refractivity contribution is 6.30. The predicted molar refractivity (Wildman–Crippen MR) is 100 cm³/mol. The van der Waals surface area contributed by atoms with Gasteiger partial charge in [0.1, 0.15) is 12.4 Å². The first kappa shape index (κ1) is 18.9. The molecule has 3 rings (SSSR count). The number of likely N-dealkylation sites (N-methyl/N-ethyl adjacent to an activating group) is 1. The zero-order valence-corrected chi connectivity index (χ0v) is 15.6. The molecule has 0 atom stereocenters. The minimum absolute atomic E-state index is 0.0922. The Bertz CT molecular complexity index is 849. The van der Waals surface area contributed by atoms with Crippen LogP contribution in [0.15, 0.2) is 36.5 Å². The van der Waals surface area contributed by atoms with Gasteiger partial charge in [0, 0.05) is 31.1 Å². The summed E-state index contributed by atoms with van der Waals surface area (Å²) in [6.45, 7) is 0.831. The van der Waals surface area contributed by atoms with Crippen LogP contribution in [0.2, 0.25) is 5.02 Å². The number of halogens is 1. The summed E-state index contributed by atoms with van der Waals surface area (Å²) in [7, 11) is 1.58. The summed E-state index contributed by atoms with van der Waals surface area (Å²) in [5.74, 6) is 0.160. The van der Waals surface area contributed by atoms with Gasteiger partial charge in [-0.1, -0.05) is 23.7 Å². The molecule has 0 saturated carbocycles. The summed E-state index contributed by atoms with van der Waals surface area (Å²) in [5, 5.41) is 7.70. The lowest BCUT2D eigenvalue weighted by molar-refractivity contribution is -0.125. The van der Waals surface area contributed by atoms with Crippen molar-refractivity contribution in [2.75, 3.05) is 25.5 Å². The fourth-order valence-corrected chi connectivity index (χ4v) is 2.95. The first-order valence-electron chi connectivity index (χ1n) is 8.55. The molecule has 0 aliphatic carbocycles. The minimum Gasteiger partial charge on any atom is -0.318 e. The van der Waals surface area contributed by atoms with Crippen LogP contribution < -0.4 is 5.32 Å². The molecule has 1 fully saturated rings. The average molecular weight is 390 g/mol. The van der Waals surface area contributed by atoms with Crippen LogP contribution in [0.3, 0.4) is 0 Å². The molecular weight excluding hydrogens is 370 g/mol. The monoisotopic (exact) mass is 389 g/mol. The quantitative estimate of drug-likeness (QED) is 0.735. The second-order valence-electron chi connectivity index (χ2n) is 6.34. The Morgan fingerprint density at radius 1 is 1.22 bits per heavy atom. The van der Waals surface area contributed by atoms with E-state index in [9.17, 15) is 14.4 Å². The highest BCUT2D eigenvalue weighted by Crippen LogP contribution is 2.14. The van der Waals surface area contributed by atoms with Crippen LogP contribution in [0.25, 0.3) is 0 Å². The van der Waals surface area contributed by atoms with E-state index < -0.39 is 0 Å². The van der Waals surface area contributed by atoms with Gasteiger partial charge in [-0.05, 0) is 24.1 Å². The highest BCUT2D eigenvalue weighted by atomic mass is 35.5. The van der Waals surface area contributed by atoms with Gasteiger partial charge >= 0.3 is 6.03 Å². The molecule has 2 heterocycles. The fourth-order valence-electron chi connectivity index (χ4n) is 2.82. The third-order valence-corrected chi connectivity index (χ3v) is 4.50. The zero-order chi connectivity index (χ0) is 19.4. The van der Waals surface area contributed by atoms with E-state index in [4.69, 9.17) is 11.6 Å². The smallest absolute Gasteiger partial charge is 0.318 e. The van der Waals surface area contributed by atoms with Crippen LogP contribution in [0, 0.1) is 0 Å². The minimum atomic E-state index is -0.318. The predicted octanol–water partition coefficient (Wildman–Crippen LogP) is 2.20. The third kappa shape index (κ3) is 4.65. The van der Waals surface area contributed by atoms with Gasteiger partial charge < -0.3 is 10.2 Å². The van der Waals surface area contributed by atoms with E-state index in [1.165, 1.54) is 9.80 Å². The lowest BCUT2D eigenvalue weighted by Gasteiger charge is -2.14. The number of hydrogen-bond acceptors (Lipinski definition) is 4. The molecule has 9 heteroatoms. The summed E-state index contributed by atoms with van der Waals surface area (Å²) < 4.78 is 1.68. The molecule has 4 amide bonds. The molecule has 0 bridgehead atoms. The number of anilines is 1. The molecular formula is C18H20ClN5O3. The maximum atomic E-state index is 12.2. The van der Waals surface area contributed by atoms with Gasteiger partial charge in [0.2, 0.25) is 11.8 Å². The molecule has 27 heavy (non-hydrogen) atoms. The maximum absolute atomic E-state index is 12.2. The Morgan fingerprint density at radius 2 is 1.96 bits per heavy atom. The Hall–Kier alpha value is -2.87. The molecule has 1 aromatic heterocycles. The van der Waals surface area contributed by atoms with Crippen molar-refractivity contribution < 1.29 is 14.4 Å². The second kappa shape index (κ2) is 8.22. The van der Waals surface area contributed by atoms with Crippen molar-refractivity contribution in [3.05, 3.63) is 47.1 Å². The standard InChI is InChI=1S/C18H20ClN5O3/c1-22-12-17(26)23(18(22)27)10-2-3-16(25)21-15-8-9-20-24(15)11-13-4-6-14(19)7-5-13/h4-9H,2-3,10-12H2,1H3,(H,21,25). The molecule has 8 nitrogen and oxygen atoms in total. The molecule has 2 aromatic rings. The van der Waals surface area contributed by atoms with Crippen LogP contribution in [0.1, 0.15) is 18.4 Å². The Morgan fingerprint density at radius 3 is 2.63 bits per heavy atom. The van der Waals surface area contributed by atoms with E-state index in [-0.39, 0.29) is 37.4 Å². The van der Waals surface area contributed by atoms with Crippen molar-refractivity contribution >= 4 is 35.3 Å². The van der Waals surface area contributed by atoms with Crippen molar-refractivity contribution in [3.8, 4) is 0 Å². The number of amides is 4. The van der Waals surface area contributed by atoms with Gasteiger partial charge in [-0.3, -0.25) is 14.5 Å². The van der Waals surface area contributed by atoms with E-state index in [0.29, 0.717) is 23.8 Å². The van der Waals surface area contributed by atoms with Gasteiger partial charge in [0.25, 0.3) is 0 Å². The first-order valence-corrected chi connectivity index (χ1v) is 8.93. The molecule has 1 N–H and O–H groups in total. The lowest BCUT2D eigenvalue weighted by Crippen LogP contribution is -2.33. The summed E-state index contributed by atoms with van der Waals surface area (Å²) in [6, 6.07) is 8.80. The summed E-state index contributed by atoms with van der Waals surface area (Å²) >= 11 is 5.89. The molecule has 0 spiro atoms. The number of benzene rings is 1. The van der Waals surface area contributed by atoms with E-state index in [1.807, 2.05) is 12.1 Å². The van der Waals surface area contributed by atoms with Gasteiger partial charge in [0.15, 0.2) is 0 Å². The number of nitrogens with one attached hydrogen (secondary N) is 1. The van der Waals surface area contributed by atoms with Crippen LogP contribution in [0.5, 0.6) is 0 Å². The van der Waals surface area contributed by atoms with Gasteiger partial charge in [-0.2, -0.15) is 5.10 Å². The summed E-state index contributed by atoms with van der Waals surface area (Å²) in [6.07, 6.45) is 2.22. The number of carbonyl (C=O) groups excluding carboxylic acids is 3. The van der Waals surface area contributed by atoms with Crippen molar-refractivity contribution in [2.45, 2.75) is 19.4 Å². The van der Waals surface area contributed by atoms with E-state index in [2.05, 4.69) is 10.4 Å². The fraction of sp³-hybridized carbons (Fsp3) is 0.333. The van der Waals surface area contributed by atoms with Crippen LogP contribution >= 0.6 is 11.6 Å². The molecule has 1 aliphatic heterocycles.